The van der Waals surface area contributed by atoms with Crippen LogP contribution in [-0.2, 0) is 32.1 Å². The van der Waals surface area contributed by atoms with E-state index in [1.807, 2.05) is 4.90 Å². The lowest BCUT2D eigenvalue weighted by Gasteiger charge is -2.44. The number of methoxy groups -OCH3 is 1. The Balaban J connectivity index is 1.64. The van der Waals surface area contributed by atoms with Gasteiger partial charge in [-0.25, -0.2) is 4.98 Å². The van der Waals surface area contributed by atoms with Crippen LogP contribution in [0.1, 0.15) is 81.7 Å². The Hall–Kier alpha value is -2.66. The Kier molecular flexibility index (Phi) is 6.86. The monoisotopic (exact) mass is 468 g/mol. The molecule has 0 radical (unpaired) electrons. The number of amides is 1. The molecule has 0 N–H and O–H groups in total. The molecular weight excluding hydrogens is 432 g/mol. The van der Waals surface area contributed by atoms with Gasteiger partial charge in [-0.2, -0.15) is 5.26 Å². The average molecular weight is 469 g/mol. The maximum Gasteiger partial charge on any atom is 0.306 e. The van der Waals surface area contributed by atoms with Crippen molar-refractivity contribution in [3.8, 4) is 6.07 Å². The number of nitrogens with zero attached hydrogens (tertiary/aromatic N) is 4. The van der Waals surface area contributed by atoms with Gasteiger partial charge in [-0.05, 0) is 38.2 Å². The highest BCUT2D eigenvalue weighted by Gasteiger charge is 2.39. The van der Waals surface area contributed by atoms with Crippen LogP contribution in [0.15, 0.2) is 0 Å². The fraction of sp³-hybridized carbons (Fsp3) is 0.692. The van der Waals surface area contributed by atoms with Crippen LogP contribution >= 0.6 is 0 Å². The molecule has 4 rings (SSSR count). The zero-order valence-electron chi connectivity index (χ0n) is 21.0. The van der Waals surface area contributed by atoms with Gasteiger partial charge >= 0.3 is 5.97 Å². The van der Waals surface area contributed by atoms with Gasteiger partial charge < -0.3 is 19.3 Å². The van der Waals surface area contributed by atoms with E-state index in [2.05, 4.69) is 38.7 Å². The summed E-state index contributed by atoms with van der Waals surface area (Å²) < 4.78 is 10.8. The molecule has 8 nitrogen and oxygen atoms in total. The highest BCUT2D eigenvalue weighted by molar-refractivity contribution is 5.82. The van der Waals surface area contributed by atoms with Crippen molar-refractivity contribution in [2.24, 2.45) is 5.92 Å². The molecular formula is C26H36N4O4. The van der Waals surface area contributed by atoms with Crippen molar-refractivity contribution >= 4 is 17.7 Å². The first-order valence-corrected chi connectivity index (χ1v) is 12.4. The number of rotatable bonds is 6. The quantitative estimate of drug-likeness (QED) is 0.591. The second-order valence-corrected chi connectivity index (χ2v) is 10.7. The molecule has 1 aromatic rings. The molecule has 0 bridgehead atoms. The SMILES string of the molecule is COC(=O)CCC(=O)N1CCN(c2nc(C3CC3)c3c(c2C#N)CC(C)(C)OC3)CC1C(C)C. The molecule has 8 heteroatoms. The Bertz CT molecular complexity index is 1010. The summed E-state index contributed by atoms with van der Waals surface area (Å²) in [4.78, 5) is 33.6. The van der Waals surface area contributed by atoms with Gasteiger partial charge in [0.25, 0.3) is 0 Å². The average Bonchev–Trinajstić information content (AvgIpc) is 3.65. The van der Waals surface area contributed by atoms with Crippen molar-refractivity contribution in [1.29, 1.82) is 5.26 Å². The summed E-state index contributed by atoms with van der Waals surface area (Å²) >= 11 is 0. The summed E-state index contributed by atoms with van der Waals surface area (Å²) in [5.41, 5.74) is 3.63. The van der Waals surface area contributed by atoms with E-state index >= 15 is 0 Å². The molecule has 0 spiro atoms. The lowest BCUT2D eigenvalue weighted by molar-refractivity contribution is -0.144. The van der Waals surface area contributed by atoms with E-state index in [0.717, 1.165) is 35.5 Å². The van der Waals surface area contributed by atoms with Gasteiger partial charge in [0.2, 0.25) is 5.91 Å². The Morgan fingerprint density at radius 2 is 1.97 bits per heavy atom. The van der Waals surface area contributed by atoms with E-state index in [1.165, 1.54) is 7.11 Å². The topological polar surface area (TPSA) is 95.8 Å². The first kappa shape index (κ1) is 24.5. The summed E-state index contributed by atoms with van der Waals surface area (Å²) in [6, 6.07) is 2.45. The van der Waals surface area contributed by atoms with Gasteiger partial charge in [-0.1, -0.05) is 13.8 Å². The summed E-state index contributed by atoms with van der Waals surface area (Å²) in [7, 11) is 1.34. The van der Waals surface area contributed by atoms with Crippen molar-refractivity contribution in [2.75, 3.05) is 31.6 Å². The van der Waals surface area contributed by atoms with Crippen molar-refractivity contribution in [1.82, 2.24) is 9.88 Å². The third-order valence-corrected chi connectivity index (χ3v) is 7.29. The molecule has 2 aliphatic heterocycles. The van der Waals surface area contributed by atoms with Crippen LogP contribution in [0.5, 0.6) is 0 Å². The van der Waals surface area contributed by atoms with Crippen LogP contribution in [0.2, 0.25) is 0 Å². The molecule has 1 unspecified atom stereocenters. The number of piperazine rings is 1. The second-order valence-electron chi connectivity index (χ2n) is 10.7. The smallest absolute Gasteiger partial charge is 0.306 e. The number of pyridine rings is 1. The van der Waals surface area contributed by atoms with Gasteiger partial charge in [0, 0.05) is 44.0 Å². The van der Waals surface area contributed by atoms with Crippen molar-refractivity contribution < 1.29 is 19.1 Å². The van der Waals surface area contributed by atoms with E-state index in [-0.39, 0.29) is 42.3 Å². The molecule has 1 aromatic heterocycles. The summed E-state index contributed by atoms with van der Waals surface area (Å²) in [6.07, 6.45) is 3.20. The minimum Gasteiger partial charge on any atom is -0.469 e. The highest BCUT2D eigenvalue weighted by atomic mass is 16.5. The Labute approximate surface area is 202 Å². The number of carbonyl (C=O) groups is 2. The predicted octanol–water partition coefficient (Wildman–Crippen LogP) is 3.31. The largest absolute Gasteiger partial charge is 0.469 e. The molecule has 1 atom stereocenters. The first-order chi connectivity index (χ1) is 16.1. The standard InChI is InChI=1S/C26H36N4O4/c1-16(2)21-14-29(10-11-30(21)22(31)8-9-23(32)33-5)25-19(13-27)18-12-26(3,4)34-15-20(18)24(28-25)17-6-7-17/h16-17,21H,6-12,14-15H2,1-5H3. The van der Waals surface area contributed by atoms with Crippen molar-refractivity contribution in [3.05, 3.63) is 22.4 Å². The zero-order valence-corrected chi connectivity index (χ0v) is 21.0. The van der Waals surface area contributed by atoms with Crippen molar-refractivity contribution in [2.45, 2.75) is 84.0 Å². The maximum atomic E-state index is 12.9. The third kappa shape index (κ3) is 4.90. The van der Waals surface area contributed by atoms with E-state index in [0.29, 0.717) is 44.1 Å². The third-order valence-electron chi connectivity index (χ3n) is 7.29. The zero-order chi connectivity index (χ0) is 24.6. The number of fused-ring (bicyclic) bond motifs is 1. The molecule has 3 heterocycles. The number of esters is 1. The lowest BCUT2D eigenvalue weighted by atomic mass is 9.87. The van der Waals surface area contributed by atoms with E-state index in [4.69, 9.17) is 14.5 Å². The fourth-order valence-electron chi connectivity index (χ4n) is 5.16. The van der Waals surface area contributed by atoms with Crippen LogP contribution in [-0.4, -0.2) is 60.1 Å². The minimum atomic E-state index is -0.371. The number of aromatic nitrogens is 1. The van der Waals surface area contributed by atoms with E-state index < -0.39 is 0 Å². The van der Waals surface area contributed by atoms with E-state index in [9.17, 15) is 14.9 Å². The molecule has 0 aromatic carbocycles. The normalized spacial score (nSPS) is 21.7. The minimum absolute atomic E-state index is 0.0209. The van der Waals surface area contributed by atoms with Gasteiger partial charge in [-0.3, -0.25) is 9.59 Å². The summed E-state index contributed by atoms with van der Waals surface area (Å²) in [5.74, 6) is 1.04. The van der Waals surface area contributed by atoms with Crippen LogP contribution in [0.25, 0.3) is 0 Å². The fourth-order valence-corrected chi connectivity index (χ4v) is 5.16. The molecule has 1 aliphatic carbocycles. The molecule has 1 saturated carbocycles. The van der Waals surface area contributed by atoms with E-state index in [1.54, 1.807) is 0 Å². The number of hydrogen-bond donors (Lipinski definition) is 0. The molecule has 1 amide bonds. The number of hydrogen-bond acceptors (Lipinski definition) is 7. The van der Waals surface area contributed by atoms with Crippen LogP contribution in [0, 0.1) is 17.2 Å². The molecule has 1 saturated heterocycles. The highest BCUT2D eigenvalue weighted by Crippen LogP contribution is 2.46. The predicted molar refractivity (Wildman–Crippen MR) is 127 cm³/mol. The number of nitriles is 1. The molecule has 2 fully saturated rings. The van der Waals surface area contributed by atoms with Gasteiger partial charge in [-0.15, -0.1) is 0 Å². The summed E-state index contributed by atoms with van der Waals surface area (Å²) in [5, 5.41) is 10.2. The maximum absolute atomic E-state index is 12.9. The molecule has 34 heavy (non-hydrogen) atoms. The first-order valence-electron chi connectivity index (χ1n) is 12.4. The molecule has 3 aliphatic rings. The van der Waals surface area contributed by atoms with Crippen LogP contribution in [0.4, 0.5) is 5.82 Å². The van der Waals surface area contributed by atoms with Crippen LogP contribution < -0.4 is 4.90 Å². The number of carbonyl (C=O) groups excluding carboxylic acids is 2. The van der Waals surface area contributed by atoms with Crippen molar-refractivity contribution in [3.63, 3.8) is 0 Å². The van der Waals surface area contributed by atoms with Gasteiger partial charge in [0.15, 0.2) is 0 Å². The lowest BCUT2D eigenvalue weighted by Crippen LogP contribution is -2.57. The number of anilines is 1. The van der Waals surface area contributed by atoms with Gasteiger partial charge in [0.1, 0.15) is 11.9 Å². The Morgan fingerprint density at radius 3 is 2.59 bits per heavy atom. The van der Waals surface area contributed by atoms with Crippen LogP contribution in [0.3, 0.4) is 0 Å². The second kappa shape index (κ2) is 9.53. The van der Waals surface area contributed by atoms with Gasteiger partial charge in [0.05, 0.1) is 43.0 Å². The summed E-state index contributed by atoms with van der Waals surface area (Å²) in [6.45, 7) is 10.6. The number of ether oxygens (including phenoxy) is 2. The Morgan fingerprint density at radius 1 is 1.24 bits per heavy atom. The molecule has 184 valence electrons.